The fourth-order valence-electron chi connectivity index (χ4n) is 3.91. The molecule has 0 amide bonds. The molecule has 0 N–H and O–H groups in total. The normalized spacial score (nSPS) is 15.5. The average Bonchev–Trinajstić information content (AvgIpc) is 2.94. The monoisotopic (exact) mass is 362 g/mol. The summed E-state index contributed by atoms with van der Waals surface area (Å²) in [5, 5.41) is 1.41. The number of thioether (sulfide) groups is 1. The van der Waals surface area contributed by atoms with Crippen molar-refractivity contribution in [2.45, 2.75) is 31.7 Å². The van der Waals surface area contributed by atoms with Crippen LogP contribution in [0.4, 0.5) is 0 Å². The van der Waals surface area contributed by atoms with Gasteiger partial charge in [0, 0.05) is 41.7 Å². The van der Waals surface area contributed by atoms with Crippen molar-refractivity contribution < 1.29 is 0 Å². The van der Waals surface area contributed by atoms with Crippen molar-refractivity contribution in [2.75, 3.05) is 19.8 Å². The Labute approximate surface area is 160 Å². The number of fused-ring (bicyclic) bond motifs is 3. The minimum atomic E-state index is 1.04. The topological polar surface area (TPSA) is 8.17 Å². The Morgan fingerprint density at radius 3 is 2.62 bits per heavy atom. The summed E-state index contributed by atoms with van der Waals surface area (Å²) in [6.07, 6.45) is 5.56. The van der Waals surface area contributed by atoms with Gasteiger partial charge in [-0.05, 0) is 68.1 Å². The van der Waals surface area contributed by atoms with Gasteiger partial charge in [0.15, 0.2) is 0 Å². The van der Waals surface area contributed by atoms with Crippen molar-refractivity contribution in [2.24, 2.45) is 0 Å². The highest BCUT2D eigenvalue weighted by Crippen LogP contribution is 2.32. The van der Waals surface area contributed by atoms with E-state index in [0.717, 1.165) is 19.5 Å². The molecular weight excluding hydrogens is 336 g/mol. The SMILES string of the molecule is CSc1ccc(/C(C)=C/n2c3c(c4cc(C)ccc42)CN(C)CC3)cc1. The Morgan fingerprint density at radius 1 is 1.12 bits per heavy atom. The van der Waals surface area contributed by atoms with E-state index in [-0.39, 0.29) is 0 Å². The first-order valence-corrected chi connectivity index (χ1v) is 10.4. The molecule has 0 aliphatic carbocycles. The lowest BCUT2D eigenvalue weighted by atomic mass is 10.0. The highest BCUT2D eigenvalue weighted by Gasteiger charge is 2.21. The number of aryl methyl sites for hydroxylation is 1. The summed E-state index contributed by atoms with van der Waals surface area (Å²) in [4.78, 5) is 3.73. The summed E-state index contributed by atoms with van der Waals surface area (Å²) < 4.78 is 2.44. The number of hydrogen-bond donors (Lipinski definition) is 0. The molecule has 0 fully saturated rings. The highest BCUT2D eigenvalue weighted by molar-refractivity contribution is 7.98. The molecule has 2 aromatic carbocycles. The van der Waals surface area contributed by atoms with Gasteiger partial charge >= 0.3 is 0 Å². The van der Waals surface area contributed by atoms with Gasteiger partial charge in [-0.1, -0.05) is 23.8 Å². The summed E-state index contributed by atoms with van der Waals surface area (Å²) in [7, 11) is 2.22. The van der Waals surface area contributed by atoms with E-state index in [1.165, 1.54) is 43.8 Å². The second kappa shape index (κ2) is 6.98. The predicted octanol–water partition coefficient (Wildman–Crippen LogP) is 5.68. The van der Waals surface area contributed by atoms with Crippen LogP contribution in [0.25, 0.3) is 22.7 Å². The standard InChI is InChI=1S/C23H26N2S/c1-16-5-10-22-20(13-16)21-15-24(3)12-11-23(21)25(22)14-17(2)18-6-8-19(26-4)9-7-18/h5-10,13-14H,11-12,15H2,1-4H3/b17-14+. The third kappa shape index (κ3) is 3.10. The fraction of sp³-hybridized carbons (Fsp3) is 0.304. The zero-order valence-corrected chi connectivity index (χ0v) is 16.9. The third-order valence-corrected chi connectivity index (χ3v) is 6.15. The van der Waals surface area contributed by atoms with Gasteiger partial charge in [-0.3, -0.25) is 0 Å². The van der Waals surface area contributed by atoms with Gasteiger partial charge in [0.1, 0.15) is 0 Å². The lowest BCUT2D eigenvalue weighted by Gasteiger charge is -2.23. The van der Waals surface area contributed by atoms with Gasteiger partial charge in [0.2, 0.25) is 0 Å². The van der Waals surface area contributed by atoms with Crippen LogP contribution in [0, 0.1) is 6.92 Å². The van der Waals surface area contributed by atoms with Crippen molar-refractivity contribution in [3.8, 4) is 0 Å². The molecule has 4 rings (SSSR count). The predicted molar refractivity (Wildman–Crippen MR) is 115 cm³/mol. The maximum absolute atomic E-state index is 2.44. The van der Waals surface area contributed by atoms with Gasteiger partial charge in [0.25, 0.3) is 0 Å². The van der Waals surface area contributed by atoms with Crippen LogP contribution in [0.1, 0.15) is 29.3 Å². The van der Waals surface area contributed by atoms with E-state index in [2.05, 4.69) is 85.3 Å². The third-order valence-electron chi connectivity index (χ3n) is 5.40. The lowest BCUT2D eigenvalue weighted by molar-refractivity contribution is 0.312. The summed E-state index contributed by atoms with van der Waals surface area (Å²) in [5.74, 6) is 0. The number of rotatable bonds is 3. The van der Waals surface area contributed by atoms with Crippen molar-refractivity contribution in [3.63, 3.8) is 0 Å². The number of likely N-dealkylation sites (N-methyl/N-ethyl adjacent to an activating group) is 1. The molecule has 3 heteroatoms. The first kappa shape index (κ1) is 17.4. The fourth-order valence-corrected chi connectivity index (χ4v) is 4.32. The Hall–Kier alpha value is -1.97. The van der Waals surface area contributed by atoms with E-state index in [1.54, 1.807) is 11.8 Å². The van der Waals surface area contributed by atoms with Crippen LogP contribution in [0.3, 0.4) is 0 Å². The maximum atomic E-state index is 2.44. The lowest BCUT2D eigenvalue weighted by Crippen LogP contribution is -2.26. The van der Waals surface area contributed by atoms with E-state index in [9.17, 15) is 0 Å². The zero-order valence-electron chi connectivity index (χ0n) is 16.0. The summed E-state index contributed by atoms with van der Waals surface area (Å²) in [6.45, 7) is 6.56. The van der Waals surface area contributed by atoms with Crippen LogP contribution < -0.4 is 0 Å². The summed E-state index contributed by atoms with van der Waals surface area (Å²) >= 11 is 1.79. The number of aromatic nitrogens is 1. The van der Waals surface area contributed by atoms with Crippen molar-refractivity contribution in [3.05, 3.63) is 64.8 Å². The summed E-state index contributed by atoms with van der Waals surface area (Å²) in [5.41, 5.74) is 8.23. The number of hydrogen-bond acceptors (Lipinski definition) is 2. The Balaban J connectivity index is 1.85. The van der Waals surface area contributed by atoms with Gasteiger partial charge in [-0.2, -0.15) is 0 Å². The molecule has 0 spiro atoms. The molecule has 0 saturated heterocycles. The van der Waals surface area contributed by atoms with Crippen LogP contribution in [-0.4, -0.2) is 29.3 Å². The highest BCUT2D eigenvalue weighted by atomic mass is 32.2. The van der Waals surface area contributed by atoms with Crippen LogP contribution in [-0.2, 0) is 13.0 Å². The van der Waals surface area contributed by atoms with E-state index >= 15 is 0 Å². The quantitative estimate of drug-likeness (QED) is 0.554. The number of allylic oxidation sites excluding steroid dienone is 1. The minimum Gasteiger partial charge on any atom is -0.320 e. The van der Waals surface area contributed by atoms with Crippen LogP contribution in [0.2, 0.25) is 0 Å². The van der Waals surface area contributed by atoms with Gasteiger partial charge in [-0.15, -0.1) is 11.8 Å². The molecule has 2 heterocycles. The molecular formula is C23H26N2S. The Morgan fingerprint density at radius 2 is 1.88 bits per heavy atom. The van der Waals surface area contributed by atoms with Crippen LogP contribution >= 0.6 is 11.8 Å². The van der Waals surface area contributed by atoms with Gasteiger partial charge in [-0.25, -0.2) is 0 Å². The number of benzene rings is 2. The minimum absolute atomic E-state index is 1.04. The Bertz CT molecular complexity index is 980. The second-order valence-corrected chi connectivity index (χ2v) is 8.22. The zero-order chi connectivity index (χ0) is 18.3. The van der Waals surface area contributed by atoms with E-state index in [0.29, 0.717) is 0 Å². The molecule has 2 nitrogen and oxygen atoms in total. The molecule has 1 aliphatic heterocycles. The molecule has 0 bridgehead atoms. The number of nitrogens with zero attached hydrogens (tertiary/aromatic N) is 2. The van der Waals surface area contributed by atoms with Crippen LogP contribution in [0.5, 0.6) is 0 Å². The molecule has 26 heavy (non-hydrogen) atoms. The van der Waals surface area contributed by atoms with Gasteiger partial charge < -0.3 is 9.47 Å². The van der Waals surface area contributed by atoms with E-state index in [1.807, 2.05) is 0 Å². The maximum Gasteiger partial charge on any atom is 0.0529 e. The molecule has 134 valence electrons. The molecule has 0 saturated carbocycles. The summed E-state index contributed by atoms with van der Waals surface area (Å²) in [6, 6.07) is 15.7. The largest absolute Gasteiger partial charge is 0.320 e. The van der Waals surface area contributed by atoms with Crippen LogP contribution in [0.15, 0.2) is 47.4 Å². The second-order valence-electron chi connectivity index (χ2n) is 7.34. The van der Waals surface area contributed by atoms with Crippen molar-refractivity contribution in [1.29, 1.82) is 0 Å². The smallest absolute Gasteiger partial charge is 0.0529 e. The molecule has 0 unspecified atom stereocenters. The molecule has 0 atom stereocenters. The van der Waals surface area contributed by atoms with E-state index < -0.39 is 0 Å². The Kier molecular flexibility index (Phi) is 4.68. The molecule has 3 aromatic rings. The molecule has 1 aliphatic rings. The first-order chi connectivity index (χ1) is 12.6. The molecule has 1 aromatic heterocycles. The average molecular weight is 363 g/mol. The first-order valence-electron chi connectivity index (χ1n) is 9.20. The van der Waals surface area contributed by atoms with Crippen molar-refractivity contribution >= 4 is 34.4 Å². The molecule has 0 radical (unpaired) electrons. The van der Waals surface area contributed by atoms with E-state index in [4.69, 9.17) is 0 Å². The van der Waals surface area contributed by atoms with Gasteiger partial charge in [0.05, 0.1) is 5.52 Å². The van der Waals surface area contributed by atoms with Crippen molar-refractivity contribution in [1.82, 2.24) is 9.47 Å².